The number of carbonyl (C=O) groups is 2. The number of quaternary nitrogens is 1. The number of hydrogen-bond acceptors (Lipinski definition) is 3. The van der Waals surface area contributed by atoms with Crippen molar-refractivity contribution in [2.45, 2.75) is 12.9 Å². The van der Waals surface area contributed by atoms with Crippen LogP contribution in [0.2, 0.25) is 0 Å². The Bertz CT molecular complexity index is 841. The van der Waals surface area contributed by atoms with Crippen molar-refractivity contribution in [1.82, 2.24) is 5.32 Å². The largest absolute Gasteiger partial charge is 0.573 e. The van der Waals surface area contributed by atoms with Gasteiger partial charge < -0.3 is 20.3 Å². The molecule has 0 radical (unpaired) electrons. The molecule has 10 heteroatoms. The summed E-state index contributed by atoms with van der Waals surface area (Å²) < 4.78 is 53.6. The third kappa shape index (κ3) is 8.18. The standard InChI is InChI=1S/C19H19F4N3O3/c1-26(11-17(27)24-10-13-4-2-3-5-16(13)20)12-18(28)25-14-6-8-15(9-7-14)29-19(21,22)23/h2-9H,10-12H2,1H3,(H,24,27)(H,25,28)/p+1. The van der Waals surface area contributed by atoms with Crippen molar-refractivity contribution in [2.75, 3.05) is 25.5 Å². The van der Waals surface area contributed by atoms with Gasteiger partial charge in [-0.2, -0.15) is 0 Å². The highest BCUT2D eigenvalue weighted by atomic mass is 19.4. The molecule has 2 rings (SSSR count). The van der Waals surface area contributed by atoms with Gasteiger partial charge in [0.2, 0.25) is 0 Å². The lowest BCUT2D eigenvalue weighted by Crippen LogP contribution is -3.11. The first kappa shape index (κ1) is 22.2. The molecular weight excluding hydrogens is 394 g/mol. The Kier molecular flexibility index (Phi) is 7.54. The Labute approximate surface area is 164 Å². The maximum absolute atomic E-state index is 13.5. The second-order valence-corrected chi connectivity index (χ2v) is 6.30. The Morgan fingerprint density at radius 2 is 1.62 bits per heavy atom. The lowest BCUT2D eigenvalue weighted by molar-refractivity contribution is -0.862. The predicted molar refractivity (Wildman–Crippen MR) is 96.6 cm³/mol. The van der Waals surface area contributed by atoms with Crippen LogP contribution in [0.3, 0.4) is 0 Å². The molecule has 0 aliphatic carbocycles. The highest BCUT2D eigenvalue weighted by Gasteiger charge is 2.31. The Morgan fingerprint density at radius 3 is 2.24 bits per heavy atom. The molecule has 0 saturated carbocycles. The van der Waals surface area contributed by atoms with Crippen LogP contribution in [0.15, 0.2) is 48.5 Å². The van der Waals surface area contributed by atoms with Crippen molar-refractivity contribution >= 4 is 17.5 Å². The Morgan fingerprint density at radius 1 is 1.00 bits per heavy atom. The van der Waals surface area contributed by atoms with Crippen LogP contribution in [0, 0.1) is 5.82 Å². The number of likely N-dealkylation sites (N-methyl/N-ethyl adjacent to an activating group) is 1. The first-order valence-electron chi connectivity index (χ1n) is 8.59. The smallest absolute Gasteiger partial charge is 0.406 e. The average molecular weight is 414 g/mol. The summed E-state index contributed by atoms with van der Waals surface area (Å²) in [5.41, 5.74) is 0.649. The zero-order valence-electron chi connectivity index (χ0n) is 15.5. The summed E-state index contributed by atoms with van der Waals surface area (Å²) in [6.07, 6.45) is -4.79. The third-order valence-electron chi connectivity index (χ3n) is 3.73. The van der Waals surface area contributed by atoms with Crippen molar-refractivity contribution in [3.8, 4) is 5.75 Å². The summed E-state index contributed by atoms with van der Waals surface area (Å²) in [6.45, 7) is -0.0223. The van der Waals surface area contributed by atoms with E-state index in [9.17, 15) is 27.2 Å². The SMILES string of the molecule is C[NH+](CC(=O)NCc1ccccc1F)CC(=O)Nc1ccc(OC(F)(F)F)cc1. The van der Waals surface area contributed by atoms with E-state index < -0.39 is 23.8 Å². The van der Waals surface area contributed by atoms with E-state index in [0.29, 0.717) is 16.2 Å². The van der Waals surface area contributed by atoms with E-state index in [-0.39, 0.29) is 25.5 Å². The monoisotopic (exact) mass is 414 g/mol. The van der Waals surface area contributed by atoms with Crippen molar-refractivity contribution in [3.05, 3.63) is 59.9 Å². The molecule has 2 aromatic rings. The number of ether oxygens (including phenoxy) is 1. The highest BCUT2D eigenvalue weighted by molar-refractivity contribution is 5.91. The van der Waals surface area contributed by atoms with Gasteiger partial charge in [-0.15, -0.1) is 13.2 Å². The molecule has 0 aliphatic rings. The van der Waals surface area contributed by atoms with Gasteiger partial charge in [-0.25, -0.2) is 4.39 Å². The van der Waals surface area contributed by atoms with Crippen molar-refractivity contribution < 1.29 is 36.8 Å². The number of halogens is 4. The first-order chi connectivity index (χ1) is 13.6. The van der Waals surface area contributed by atoms with Crippen molar-refractivity contribution in [1.29, 1.82) is 0 Å². The van der Waals surface area contributed by atoms with Gasteiger partial charge in [0, 0.05) is 17.8 Å². The van der Waals surface area contributed by atoms with Crippen molar-refractivity contribution in [3.63, 3.8) is 0 Å². The second-order valence-electron chi connectivity index (χ2n) is 6.30. The average Bonchev–Trinajstić information content (AvgIpc) is 2.61. The van der Waals surface area contributed by atoms with E-state index >= 15 is 0 Å². The minimum absolute atomic E-state index is 0.0137. The zero-order valence-corrected chi connectivity index (χ0v) is 15.5. The normalized spacial score (nSPS) is 12.2. The van der Waals surface area contributed by atoms with Crippen LogP contribution in [-0.2, 0) is 16.1 Å². The second kappa shape index (κ2) is 9.87. The zero-order chi connectivity index (χ0) is 21.4. The number of benzene rings is 2. The van der Waals surface area contributed by atoms with Gasteiger partial charge in [0.05, 0.1) is 7.05 Å². The van der Waals surface area contributed by atoms with E-state index in [1.54, 1.807) is 25.2 Å². The van der Waals surface area contributed by atoms with Crippen molar-refractivity contribution in [2.24, 2.45) is 0 Å². The molecule has 0 aromatic heterocycles. The molecule has 0 fully saturated rings. The number of anilines is 1. The van der Waals surface area contributed by atoms with E-state index in [1.807, 2.05) is 0 Å². The van der Waals surface area contributed by atoms with Crippen LogP contribution in [0.4, 0.5) is 23.2 Å². The topological polar surface area (TPSA) is 71.9 Å². The lowest BCUT2D eigenvalue weighted by Gasteiger charge is -2.14. The number of carbonyl (C=O) groups excluding carboxylic acids is 2. The molecule has 156 valence electrons. The molecule has 2 amide bonds. The number of hydrogen-bond donors (Lipinski definition) is 3. The van der Waals surface area contributed by atoms with E-state index in [0.717, 1.165) is 12.1 Å². The molecule has 1 atom stereocenters. The van der Waals surface area contributed by atoms with Gasteiger partial charge in [0.25, 0.3) is 11.8 Å². The maximum Gasteiger partial charge on any atom is 0.573 e. The molecule has 0 aliphatic heterocycles. The van der Waals surface area contributed by atoms with Gasteiger partial charge in [0.15, 0.2) is 13.1 Å². The van der Waals surface area contributed by atoms with Crippen LogP contribution in [-0.4, -0.2) is 38.3 Å². The fourth-order valence-electron chi connectivity index (χ4n) is 2.45. The first-order valence-corrected chi connectivity index (χ1v) is 8.59. The van der Waals surface area contributed by atoms with Crippen LogP contribution in [0.1, 0.15) is 5.56 Å². The molecule has 29 heavy (non-hydrogen) atoms. The lowest BCUT2D eigenvalue weighted by atomic mass is 10.2. The minimum atomic E-state index is -4.79. The van der Waals surface area contributed by atoms with E-state index in [4.69, 9.17) is 0 Å². The number of nitrogens with one attached hydrogen (secondary N) is 3. The Hall–Kier alpha value is -3.14. The van der Waals surface area contributed by atoms with Gasteiger partial charge in [-0.05, 0) is 30.3 Å². The number of amides is 2. The van der Waals surface area contributed by atoms with E-state index in [1.165, 1.54) is 18.2 Å². The van der Waals surface area contributed by atoms with Gasteiger partial charge >= 0.3 is 6.36 Å². The molecule has 3 N–H and O–H groups in total. The Balaban J connectivity index is 1.75. The molecule has 0 heterocycles. The minimum Gasteiger partial charge on any atom is -0.406 e. The summed E-state index contributed by atoms with van der Waals surface area (Å²) >= 11 is 0. The molecule has 0 spiro atoms. The maximum atomic E-state index is 13.5. The summed E-state index contributed by atoms with van der Waals surface area (Å²) in [4.78, 5) is 24.5. The predicted octanol–water partition coefficient (Wildman–Crippen LogP) is 1.49. The highest BCUT2D eigenvalue weighted by Crippen LogP contribution is 2.23. The molecular formula is C19H20F4N3O3+. The van der Waals surface area contributed by atoms with Crippen LogP contribution < -0.4 is 20.3 Å². The number of rotatable bonds is 8. The molecule has 2 aromatic carbocycles. The van der Waals surface area contributed by atoms with E-state index in [2.05, 4.69) is 15.4 Å². The molecule has 0 bridgehead atoms. The molecule has 1 unspecified atom stereocenters. The summed E-state index contributed by atoms with van der Waals surface area (Å²) in [6, 6.07) is 10.8. The van der Waals surface area contributed by atoms with Crippen LogP contribution in [0.5, 0.6) is 5.75 Å². The fourth-order valence-corrected chi connectivity index (χ4v) is 2.45. The summed E-state index contributed by atoms with van der Waals surface area (Å²) in [5, 5.41) is 5.10. The van der Waals surface area contributed by atoms with Crippen LogP contribution in [0.25, 0.3) is 0 Å². The summed E-state index contributed by atoms with van der Waals surface area (Å²) in [5.74, 6) is -1.59. The van der Waals surface area contributed by atoms with Crippen LogP contribution >= 0.6 is 0 Å². The van der Waals surface area contributed by atoms with Gasteiger partial charge in [-0.3, -0.25) is 9.59 Å². The number of alkyl halides is 3. The quantitative estimate of drug-likeness (QED) is 0.574. The molecule has 6 nitrogen and oxygen atoms in total. The molecule has 0 saturated heterocycles. The van der Waals surface area contributed by atoms with Gasteiger partial charge in [-0.1, -0.05) is 18.2 Å². The fraction of sp³-hybridized carbons (Fsp3) is 0.263. The van der Waals surface area contributed by atoms with Gasteiger partial charge in [0.1, 0.15) is 11.6 Å². The summed E-state index contributed by atoms with van der Waals surface area (Å²) in [7, 11) is 1.63. The third-order valence-corrected chi connectivity index (χ3v) is 3.73.